The van der Waals surface area contributed by atoms with Crippen LogP contribution >= 0.6 is 0 Å². The monoisotopic (exact) mass is 385 g/mol. The average molecular weight is 385 g/mol. The first kappa shape index (κ1) is 18.4. The first-order valence-corrected chi connectivity index (χ1v) is 9.10. The van der Waals surface area contributed by atoms with E-state index in [9.17, 15) is 9.59 Å². The summed E-state index contributed by atoms with van der Waals surface area (Å²) in [5, 5.41) is 13.8. The molecule has 0 aliphatic heterocycles. The number of rotatable bonds is 4. The third-order valence-corrected chi connectivity index (χ3v) is 4.56. The number of hydrogen-bond acceptors (Lipinski definition) is 4. The molecule has 2 N–H and O–H groups in total. The van der Waals surface area contributed by atoms with Crippen LogP contribution in [0, 0.1) is 6.92 Å². The molecule has 144 valence electrons. The number of anilines is 1. The number of nitrogens with zero attached hydrogens (tertiary/aromatic N) is 3. The highest BCUT2D eigenvalue weighted by Crippen LogP contribution is 2.31. The van der Waals surface area contributed by atoms with Gasteiger partial charge in [0, 0.05) is 24.2 Å². The van der Waals surface area contributed by atoms with Gasteiger partial charge in [-0.15, -0.1) is 0 Å². The van der Waals surface area contributed by atoms with Crippen LogP contribution in [0.1, 0.15) is 16.1 Å². The van der Waals surface area contributed by atoms with Crippen LogP contribution in [0.25, 0.3) is 22.4 Å². The summed E-state index contributed by atoms with van der Waals surface area (Å²) in [6.45, 7) is 1.83. The maximum Gasteiger partial charge on any atom is 0.277 e. The van der Waals surface area contributed by atoms with Gasteiger partial charge in [0.05, 0.1) is 11.4 Å². The Morgan fingerprint density at radius 3 is 2.21 bits per heavy atom. The van der Waals surface area contributed by atoms with Crippen LogP contribution in [-0.2, 0) is 7.05 Å². The van der Waals surface area contributed by atoms with Crippen LogP contribution in [0.3, 0.4) is 0 Å². The number of amides is 1. The summed E-state index contributed by atoms with van der Waals surface area (Å²) in [5.74, 6) is -0.0170. The van der Waals surface area contributed by atoms with Crippen molar-refractivity contribution in [1.82, 2.24) is 20.0 Å². The van der Waals surface area contributed by atoms with Crippen molar-refractivity contribution in [3.05, 3.63) is 88.3 Å². The molecule has 29 heavy (non-hydrogen) atoms. The Balaban J connectivity index is 1.92. The van der Waals surface area contributed by atoms with E-state index in [2.05, 4.69) is 20.6 Å². The third-order valence-electron chi connectivity index (χ3n) is 4.56. The minimum Gasteiger partial charge on any atom is -0.307 e. The molecule has 0 bridgehead atoms. The molecule has 0 unspecified atom stereocenters. The first-order chi connectivity index (χ1) is 14.0. The van der Waals surface area contributed by atoms with Crippen molar-refractivity contribution < 1.29 is 4.79 Å². The Labute approximate surface area is 167 Å². The quantitative estimate of drug-likeness (QED) is 0.563. The van der Waals surface area contributed by atoms with E-state index >= 15 is 0 Å². The van der Waals surface area contributed by atoms with Gasteiger partial charge in [-0.3, -0.25) is 14.3 Å². The summed E-state index contributed by atoms with van der Waals surface area (Å²) in [4.78, 5) is 25.9. The predicted molar refractivity (Wildman–Crippen MR) is 112 cm³/mol. The SMILES string of the molecule is Cc1cc(NC(=O)c2c(-c3ccccc3)c(-c3ccccc3)n[nH]c2=O)n(C)n1. The van der Waals surface area contributed by atoms with Crippen LogP contribution in [0.4, 0.5) is 5.82 Å². The molecule has 0 aliphatic rings. The lowest BCUT2D eigenvalue weighted by Crippen LogP contribution is -2.26. The zero-order valence-electron chi connectivity index (χ0n) is 16.0. The van der Waals surface area contributed by atoms with E-state index < -0.39 is 11.5 Å². The fraction of sp³-hybridized carbons (Fsp3) is 0.0909. The number of H-pyrrole nitrogens is 1. The lowest BCUT2D eigenvalue weighted by molar-refractivity contribution is 0.102. The van der Waals surface area contributed by atoms with Crippen molar-refractivity contribution >= 4 is 11.7 Å². The van der Waals surface area contributed by atoms with Crippen molar-refractivity contribution in [3.63, 3.8) is 0 Å². The topological polar surface area (TPSA) is 92.7 Å². The Morgan fingerprint density at radius 1 is 1.00 bits per heavy atom. The lowest BCUT2D eigenvalue weighted by atomic mass is 9.95. The van der Waals surface area contributed by atoms with Gasteiger partial charge in [0.25, 0.3) is 11.5 Å². The van der Waals surface area contributed by atoms with Gasteiger partial charge in [0.1, 0.15) is 11.4 Å². The smallest absolute Gasteiger partial charge is 0.277 e. The lowest BCUT2D eigenvalue weighted by Gasteiger charge is -2.14. The number of benzene rings is 2. The number of carbonyl (C=O) groups is 1. The van der Waals surface area contributed by atoms with Gasteiger partial charge in [-0.2, -0.15) is 10.2 Å². The molecule has 0 atom stereocenters. The zero-order valence-corrected chi connectivity index (χ0v) is 16.0. The van der Waals surface area contributed by atoms with Gasteiger partial charge in [-0.05, 0) is 12.5 Å². The van der Waals surface area contributed by atoms with E-state index in [1.165, 1.54) is 0 Å². The van der Waals surface area contributed by atoms with E-state index in [-0.39, 0.29) is 5.56 Å². The molecule has 0 radical (unpaired) electrons. The van der Waals surface area contributed by atoms with Gasteiger partial charge in [0.15, 0.2) is 0 Å². The Hall–Kier alpha value is -4.00. The van der Waals surface area contributed by atoms with Gasteiger partial charge >= 0.3 is 0 Å². The van der Waals surface area contributed by atoms with Crippen LogP contribution in [-0.4, -0.2) is 25.9 Å². The van der Waals surface area contributed by atoms with Crippen molar-refractivity contribution in [2.45, 2.75) is 6.92 Å². The molecule has 7 nitrogen and oxygen atoms in total. The minimum absolute atomic E-state index is 0.00362. The van der Waals surface area contributed by atoms with E-state index in [4.69, 9.17) is 0 Å². The number of aryl methyl sites for hydroxylation is 2. The standard InChI is InChI=1S/C22H19N5O2/c1-14-13-17(27(2)26-14)23-21(28)19-18(15-9-5-3-6-10-15)20(24-25-22(19)29)16-11-7-4-8-12-16/h3-13H,1-2H3,(H,23,28)(H,25,29). The zero-order chi connectivity index (χ0) is 20.4. The van der Waals surface area contributed by atoms with Gasteiger partial charge < -0.3 is 5.32 Å². The number of aromatic amines is 1. The molecule has 2 aromatic heterocycles. The Morgan fingerprint density at radius 2 is 1.62 bits per heavy atom. The largest absolute Gasteiger partial charge is 0.307 e. The van der Waals surface area contributed by atoms with Crippen LogP contribution < -0.4 is 10.9 Å². The van der Waals surface area contributed by atoms with Gasteiger partial charge in [0.2, 0.25) is 0 Å². The summed E-state index contributed by atoms with van der Waals surface area (Å²) in [7, 11) is 1.73. The van der Waals surface area contributed by atoms with E-state index in [1.54, 1.807) is 17.8 Å². The van der Waals surface area contributed by atoms with Gasteiger partial charge in [-0.25, -0.2) is 5.10 Å². The predicted octanol–water partition coefficient (Wildman–Crippen LogP) is 3.40. The average Bonchev–Trinajstić information content (AvgIpc) is 3.05. The summed E-state index contributed by atoms with van der Waals surface area (Å²) in [6, 6.07) is 20.5. The number of carbonyl (C=O) groups excluding carboxylic acids is 1. The molecular weight excluding hydrogens is 366 g/mol. The van der Waals surface area contributed by atoms with E-state index in [0.717, 1.165) is 16.8 Å². The number of aromatic nitrogens is 4. The molecule has 2 heterocycles. The van der Waals surface area contributed by atoms with Crippen molar-refractivity contribution in [1.29, 1.82) is 0 Å². The highest BCUT2D eigenvalue weighted by atomic mass is 16.2. The normalized spacial score (nSPS) is 10.7. The summed E-state index contributed by atoms with van der Waals surface area (Å²) >= 11 is 0. The van der Waals surface area contributed by atoms with Crippen LogP contribution in [0.5, 0.6) is 0 Å². The maximum absolute atomic E-state index is 13.2. The molecule has 0 saturated heterocycles. The Kier molecular flexibility index (Phi) is 4.78. The fourth-order valence-corrected chi connectivity index (χ4v) is 3.26. The second-order valence-electron chi connectivity index (χ2n) is 6.63. The molecule has 4 aromatic rings. The molecule has 1 amide bonds. The first-order valence-electron chi connectivity index (χ1n) is 9.10. The molecule has 2 aromatic carbocycles. The molecule has 0 spiro atoms. The van der Waals surface area contributed by atoms with E-state index in [0.29, 0.717) is 17.1 Å². The highest BCUT2D eigenvalue weighted by molar-refractivity contribution is 6.10. The van der Waals surface area contributed by atoms with Gasteiger partial charge in [-0.1, -0.05) is 60.7 Å². The molecular formula is C22H19N5O2. The van der Waals surface area contributed by atoms with E-state index in [1.807, 2.05) is 67.6 Å². The maximum atomic E-state index is 13.2. The number of hydrogen-bond donors (Lipinski definition) is 2. The minimum atomic E-state index is -0.556. The van der Waals surface area contributed by atoms with Crippen LogP contribution in [0.15, 0.2) is 71.5 Å². The van der Waals surface area contributed by atoms with Crippen molar-refractivity contribution in [2.24, 2.45) is 7.05 Å². The molecule has 7 heteroatoms. The third kappa shape index (κ3) is 3.58. The van der Waals surface area contributed by atoms with Crippen molar-refractivity contribution in [3.8, 4) is 22.4 Å². The van der Waals surface area contributed by atoms with Crippen LogP contribution in [0.2, 0.25) is 0 Å². The summed E-state index contributed by atoms with van der Waals surface area (Å²) < 4.78 is 1.56. The summed E-state index contributed by atoms with van der Waals surface area (Å²) in [6.07, 6.45) is 0. The summed E-state index contributed by atoms with van der Waals surface area (Å²) in [5.41, 5.74) is 2.76. The Bertz CT molecular complexity index is 1230. The molecule has 0 fully saturated rings. The molecule has 0 saturated carbocycles. The molecule has 0 aliphatic carbocycles. The second-order valence-corrected chi connectivity index (χ2v) is 6.63. The second kappa shape index (κ2) is 7.55. The molecule has 4 rings (SSSR count). The van der Waals surface area contributed by atoms with Crippen molar-refractivity contribution in [2.75, 3.05) is 5.32 Å². The fourth-order valence-electron chi connectivity index (χ4n) is 3.26. The highest BCUT2D eigenvalue weighted by Gasteiger charge is 2.23. The number of nitrogens with one attached hydrogen (secondary N) is 2.